The topological polar surface area (TPSA) is 26.5 Å². The van der Waals surface area contributed by atoms with Crippen LogP contribution in [-0.2, 0) is 0 Å². The lowest BCUT2D eigenvalue weighted by atomic mass is 10.3. The van der Waals surface area contributed by atoms with Gasteiger partial charge in [0.2, 0.25) is 0 Å². The van der Waals surface area contributed by atoms with E-state index in [-0.39, 0.29) is 0 Å². The summed E-state index contributed by atoms with van der Waals surface area (Å²) in [6, 6.07) is 3.93. The maximum absolute atomic E-state index is 5.16. The molecule has 1 aliphatic carbocycles. The van der Waals surface area contributed by atoms with E-state index in [0.717, 1.165) is 11.4 Å². The van der Waals surface area contributed by atoms with Crippen LogP contribution in [0, 0.1) is 0 Å². The second-order valence-electron chi connectivity index (χ2n) is 3.77. The van der Waals surface area contributed by atoms with Crippen LogP contribution < -0.4 is 4.74 Å². The first-order valence-electron chi connectivity index (χ1n) is 4.89. The van der Waals surface area contributed by atoms with Crippen molar-refractivity contribution in [3.63, 3.8) is 0 Å². The molecule has 0 N–H and O–H groups in total. The Labute approximate surface area is 82.3 Å². The molecule has 2 aromatic heterocycles. The van der Waals surface area contributed by atoms with E-state index < -0.39 is 0 Å². The molecule has 0 saturated heterocycles. The molecule has 0 aliphatic heterocycles. The van der Waals surface area contributed by atoms with Gasteiger partial charge in [0.25, 0.3) is 0 Å². The lowest BCUT2D eigenvalue weighted by Gasteiger charge is -1.98. The molecule has 2 heterocycles. The molecule has 1 saturated carbocycles. The highest BCUT2D eigenvalue weighted by atomic mass is 16.5. The first-order chi connectivity index (χ1) is 6.86. The number of pyridine rings is 1. The molecule has 3 nitrogen and oxygen atoms in total. The minimum absolute atomic E-state index is 0.709. The van der Waals surface area contributed by atoms with Gasteiger partial charge in [-0.05, 0) is 25.0 Å². The fraction of sp³-hybridized carbons (Fsp3) is 0.364. The van der Waals surface area contributed by atoms with Crippen LogP contribution in [0.15, 0.2) is 24.5 Å². The maximum atomic E-state index is 5.16. The molecule has 0 bridgehead atoms. The second kappa shape index (κ2) is 2.74. The number of methoxy groups -OCH3 is 1. The van der Waals surface area contributed by atoms with Crippen molar-refractivity contribution < 1.29 is 4.74 Å². The Hall–Kier alpha value is -1.51. The molecular formula is C11H12N2O. The quantitative estimate of drug-likeness (QED) is 0.722. The number of hydrogen-bond acceptors (Lipinski definition) is 2. The zero-order chi connectivity index (χ0) is 9.54. The average molecular weight is 188 g/mol. The molecule has 0 amide bonds. The van der Waals surface area contributed by atoms with E-state index in [9.17, 15) is 0 Å². The molecule has 0 spiro atoms. The highest BCUT2D eigenvalue weighted by Crippen LogP contribution is 2.39. The number of ether oxygens (including phenoxy) is 1. The van der Waals surface area contributed by atoms with Crippen LogP contribution in [0.1, 0.15) is 24.5 Å². The summed E-state index contributed by atoms with van der Waals surface area (Å²) in [7, 11) is 1.68. The van der Waals surface area contributed by atoms with Crippen molar-refractivity contribution in [3.8, 4) is 5.75 Å². The van der Waals surface area contributed by atoms with E-state index in [1.165, 1.54) is 18.5 Å². The summed E-state index contributed by atoms with van der Waals surface area (Å²) >= 11 is 0. The molecule has 0 atom stereocenters. The Morgan fingerprint density at radius 1 is 1.36 bits per heavy atom. The van der Waals surface area contributed by atoms with E-state index in [1.807, 2.05) is 22.7 Å². The fourth-order valence-corrected chi connectivity index (χ4v) is 1.69. The molecule has 0 unspecified atom stereocenters. The highest BCUT2D eigenvalue weighted by molar-refractivity contribution is 5.44. The lowest BCUT2D eigenvalue weighted by Crippen LogP contribution is -1.86. The summed E-state index contributed by atoms with van der Waals surface area (Å²) in [4.78, 5) is 4.56. The van der Waals surface area contributed by atoms with Crippen molar-refractivity contribution in [1.82, 2.24) is 9.38 Å². The highest BCUT2D eigenvalue weighted by Gasteiger charge is 2.26. The van der Waals surface area contributed by atoms with Crippen LogP contribution in [0.25, 0.3) is 5.65 Å². The molecule has 14 heavy (non-hydrogen) atoms. The number of nitrogens with zero attached hydrogens (tertiary/aromatic N) is 2. The normalized spacial score (nSPS) is 16.1. The van der Waals surface area contributed by atoms with E-state index in [1.54, 1.807) is 7.11 Å². The number of imidazole rings is 1. The summed E-state index contributed by atoms with van der Waals surface area (Å²) in [5.74, 6) is 1.58. The van der Waals surface area contributed by atoms with Crippen LogP contribution in [0.5, 0.6) is 5.75 Å². The first kappa shape index (κ1) is 7.85. The smallest absolute Gasteiger partial charge is 0.137 e. The van der Waals surface area contributed by atoms with Crippen molar-refractivity contribution >= 4 is 5.65 Å². The van der Waals surface area contributed by atoms with Gasteiger partial charge in [-0.2, -0.15) is 0 Å². The van der Waals surface area contributed by atoms with E-state index in [0.29, 0.717) is 5.92 Å². The molecule has 0 radical (unpaired) electrons. The van der Waals surface area contributed by atoms with Gasteiger partial charge < -0.3 is 9.14 Å². The van der Waals surface area contributed by atoms with Gasteiger partial charge in [-0.25, -0.2) is 4.98 Å². The number of fused-ring (bicyclic) bond motifs is 1. The van der Waals surface area contributed by atoms with Gasteiger partial charge in [0.15, 0.2) is 0 Å². The molecule has 72 valence electrons. The van der Waals surface area contributed by atoms with Crippen molar-refractivity contribution in [1.29, 1.82) is 0 Å². The molecular weight excluding hydrogens is 176 g/mol. The molecule has 2 aromatic rings. The SMILES string of the molecule is COc1ccc2nc(C3CC3)cn2c1. The Morgan fingerprint density at radius 3 is 2.93 bits per heavy atom. The largest absolute Gasteiger partial charge is 0.495 e. The predicted octanol–water partition coefficient (Wildman–Crippen LogP) is 2.22. The summed E-state index contributed by atoms with van der Waals surface area (Å²) < 4.78 is 7.19. The van der Waals surface area contributed by atoms with E-state index >= 15 is 0 Å². The van der Waals surface area contributed by atoms with Crippen molar-refractivity contribution in [2.45, 2.75) is 18.8 Å². The Morgan fingerprint density at radius 2 is 2.21 bits per heavy atom. The fourth-order valence-electron chi connectivity index (χ4n) is 1.69. The van der Waals surface area contributed by atoms with Gasteiger partial charge in [0.1, 0.15) is 11.4 Å². The van der Waals surface area contributed by atoms with Gasteiger partial charge in [-0.15, -0.1) is 0 Å². The lowest BCUT2D eigenvalue weighted by molar-refractivity contribution is 0.412. The summed E-state index contributed by atoms with van der Waals surface area (Å²) in [5.41, 5.74) is 2.23. The first-order valence-corrected chi connectivity index (χ1v) is 4.89. The van der Waals surface area contributed by atoms with Crippen LogP contribution in [0.4, 0.5) is 0 Å². The van der Waals surface area contributed by atoms with Crippen LogP contribution in [0.2, 0.25) is 0 Å². The Kier molecular flexibility index (Phi) is 1.54. The standard InChI is InChI=1S/C11H12N2O/c1-14-9-4-5-11-12-10(8-2-3-8)7-13(11)6-9/h4-8H,2-3H2,1H3. The van der Waals surface area contributed by atoms with Crippen LogP contribution >= 0.6 is 0 Å². The van der Waals surface area contributed by atoms with Crippen molar-refractivity contribution in [2.24, 2.45) is 0 Å². The summed E-state index contributed by atoms with van der Waals surface area (Å²) in [6.45, 7) is 0. The van der Waals surface area contributed by atoms with Gasteiger partial charge in [-0.1, -0.05) is 0 Å². The van der Waals surface area contributed by atoms with Crippen molar-refractivity contribution in [2.75, 3.05) is 7.11 Å². The molecule has 0 aromatic carbocycles. The third kappa shape index (κ3) is 1.16. The minimum atomic E-state index is 0.709. The minimum Gasteiger partial charge on any atom is -0.495 e. The van der Waals surface area contributed by atoms with E-state index in [4.69, 9.17) is 4.74 Å². The number of hydrogen-bond donors (Lipinski definition) is 0. The molecule has 3 rings (SSSR count). The third-order valence-corrected chi connectivity index (χ3v) is 2.67. The maximum Gasteiger partial charge on any atom is 0.137 e. The zero-order valence-corrected chi connectivity index (χ0v) is 8.10. The van der Waals surface area contributed by atoms with Crippen molar-refractivity contribution in [3.05, 3.63) is 30.2 Å². The third-order valence-electron chi connectivity index (χ3n) is 2.67. The second-order valence-corrected chi connectivity index (χ2v) is 3.77. The molecule has 1 aliphatic rings. The Balaban J connectivity index is 2.12. The van der Waals surface area contributed by atoms with Crippen LogP contribution in [-0.4, -0.2) is 16.5 Å². The molecule has 1 fully saturated rings. The number of aromatic nitrogens is 2. The summed E-state index contributed by atoms with van der Waals surface area (Å²) in [5, 5.41) is 0. The number of rotatable bonds is 2. The molecule has 3 heteroatoms. The van der Waals surface area contributed by atoms with E-state index in [2.05, 4.69) is 11.2 Å². The average Bonchev–Trinajstić information content (AvgIpc) is 2.97. The monoisotopic (exact) mass is 188 g/mol. The van der Waals surface area contributed by atoms with Gasteiger partial charge in [-0.3, -0.25) is 0 Å². The van der Waals surface area contributed by atoms with Gasteiger partial charge >= 0.3 is 0 Å². The predicted molar refractivity (Wildman–Crippen MR) is 53.7 cm³/mol. The van der Waals surface area contributed by atoms with Crippen LogP contribution in [0.3, 0.4) is 0 Å². The van der Waals surface area contributed by atoms with Gasteiger partial charge in [0.05, 0.1) is 19.0 Å². The zero-order valence-electron chi connectivity index (χ0n) is 8.10. The van der Waals surface area contributed by atoms with Gasteiger partial charge in [0, 0.05) is 12.1 Å². The summed E-state index contributed by atoms with van der Waals surface area (Å²) in [6.07, 6.45) is 6.66. The Bertz CT molecular complexity index is 471.